The molecule has 0 fully saturated rings. The lowest BCUT2D eigenvalue weighted by molar-refractivity contribution is -0.113. The lowest BCUT2D eigenvalue weighted by atomic mass is 10.3. The van der Waals surface area contributed by atoms with E-state index in [-0.39, 0.29) is 11.7 Å². The largest absolute Gasteiger partial charge is 0.324 e. The predicted octanol–water partition coefficient (Wildman–Crippen LogP) is 1.87. The van der Waals surface area contributed by atoms with Crippen molar-refractivity contribution in [1.29, 1.82) is 0 Å². The smallest absolute Gasteiger partial charge is 0.234 e. The molecule has 12 heavy (non-hydrogen) atoms. The number of fused-ring (bicyclic) bond motifs is 1. The molecule has 1 aromatic carbocycles. The third-order valence-electron chi connectivity index (χ3n) is 1.59. The van der Waals surface area contributed by atoms with E-state index in [0.717, 1.165) is 0 Å². The number of amides is 1. The molecular formula is C8H6FNOS. The highest BCUT2D eigenvalue weighted by Crippen LogP contribution is 2.33. The second-order valence-electron chi connectivity index (χ2n) is 2.45. The zero-order valence-corrected chi connectivity index (χ0v) is 6.95. The number of carbonyl (C=O) groups is 1. The maximum absolute atomic E-state index is 13.0. The van der Waals surface area contributed by atoms with E-state index in [1.807, 2.05) is 0 Å². The van der Waals surface area contributed by atoms with E-state index in [1.54, 1.807) is 12.1 Å². The van der Waals surface area contributed by atoms with E-state index >= 15 is 0 Å². The third kappa shape index (κ3) is 1.18. The summed E-state index contributed by atoms with van der Waals surface area (Å²) in [4.78, 5) is 11.4. The Balaban J connectivity index is 2.48. The van der Waals surface area contributed by atoms with E-state index in [1.165, 1.54) is 17.8 Å². The van der Waals surface area contributed by atoms with E-state index in [2.05, 4.69) is 5.32 Å². The minimum absolute atomic E-state index is 0.0712. The van der Waals surface area contributed by atoms with Crippen LogP contribution in [-0.4, -0.2) is 11.7 Å². The molecule has 0 aromatic heterocycles. The number of anilines is 1. The summed E-state index contributed by atoms with van der Waals surface area (Å²) in [5.74, 6) is -0.0379. The van der Waals surface area contributed by atoms with Crippen molar-refractivity contribution in [3.63, 3.8) is 0 Å². The van der Waals surface area contributed by atoms with E-state index in [0.29, 0.717) is 16.3 Å². The zero-order valence-electron chi connectivity index (χ0n) is 6.13. The van der Waals surface area contributed by atoms with Crippen LogP contribution < -0.4 is 5.32 Å². The Morgan fingerprint density at radius 2 is 2.33 bits per heavy atom. The van der Waals surface area contributed by atoms with Gasteiger partial charge in [-0.1, -0.05) is 6.07 Å². The van der Waals surface area contributed by atoms with Crippen molar-refractivity contribution in [3.05, 3.63) is 24.0 Å². The van der Waals surface area contributed by atoms with Gasteiger partial charge in [0, 0.05) is 0 Å². The van der Waals surface area contributed by atoms with Crippen LogP contribution in [-0.2, 0) is 4.79 Å². The molecule has 1 aromatic rings. The van der Waals surface area contributed by atoms with Gasteiger partial charge in [-0.3, -0.25) is 4.79 Å². The van der Waals surface area contributed by atoms with Gasteiger partial charge in [0.2, 0.25) is 5.91 Å². The zero-order chi connectivity index (χ0) is 8.55. The highest BCUT2D eigenvalue weighted by molar-refractivity contribution is 8.00. The van der Waals surface area contributed by atoms with Crippen molar-refractivity contribution in [2.24, 2.45) is 0 Å². The van der Waals surface area contributed by atoms with Crippen molar-refractivity contribution in [2.45, 2.75) is 4.90 Å². The number of carbonyl (C=O) groups excluding carboxylic acids is 1. The van der Waals surface area contributed by atoms with Gasteiger partial charge in [-0.2, -0.15) is 0 Å². The Hall–Kier alpha value is -1.03. The quantitative estimate of drug-likeness (QED) is 0.665. The molecule has 62 valence electrons. The topological polar surface area (TPSA) is 29.1 Å². The number of nitrogens with one attached hydrogen (secondary N) is 1. The van der Waals surface area contributed by atoms with Crippen LogP contribution in [0.4, 0.5) is 10.1 Å². The fraction of sp³-hybridized carbons (Fsp3) is 0.125. The van der Waals surface area contributed by atoms with E-state index < -0.39 is 0 Å². The van der Waals surface area contributed by atoms with Crippen LogP contribution in [0.3, 0.4) is 0 Å². The van der Waals surface area contributed by atoms with Crippen LogP contribution in [0.15, 0.2) is 23.1 Å². The number of benzene rings is 1. The summed E-state index contributed by atoms with van der Waals surface area (Å²) < 4.78 is 13.0. The van der Waals surface area contributed by atoms with Crippen LogP contribution >= 0.6 is 11.8 Å². The average Bonchev–Trinajstić information content (AvgIpc) is 2.04. The molecular weight excluding hydrogens is 177 g/mol. The SMILES string of the molecule is O=C1CSc2c(F)cccc2N1. The average molecular weight is 183 g/mol. The van der Waals surface area contributed by atoms with Gasteiger partial charge in [-0.05, 0) is 12.1 Å². The van der Waals surface area contributed by atoms with Crippen molar-refractivity contribution in [3.8, 4) is 0 Å². The summed E-state index contributed by atoms with van der Waals surface area (Å²) in [6.07, 6.45) is 0. The van der Waals surface area contributed by atoms with Gasteiger partial charge in [0.15, 0.2) is 0 Å². The standard InChI is InChI=1S/C8H6FNOS/c9-5-2-1-3-6-8(5)12-4-7(11)10-6/h1-3H,4H2,(H,10,11). The monoisotopic (exact) mass is 183 g/mol. The first-order valence-electron chi connectivity index (χ1n) is 3.48. The van der Waals surface area contributed by atoms with Crippen LogP contribution in [0.2, 0.25) is 0 Å². The molecule has 1 N–H and O–H groups in total. The minimum Gasteiger partial charge on any atom is -0.324 e. The normalized spacial score (nSPS) is 15.2. The maximum Gasteiger partial charge on any atom is 0.234 e. The summed E-state index contributed by atoms with van der Waals surface area (Å²) in [6, 6.07) is 4.67. The summed E-state index contributed by atoms with van der Waals surface area (Å²) in [5.41, 5.74) is 0.580. The highest BCUT2D eigenvalue weighted by Gasteiger charge is 2.17. The molecule has 0 spiro atoms. The van der Waals surface area contributed by atoms with Crippen molar-refractivity contribution in [1.82, 2.24) is 0 Å². The van der Waals surface area contributed by atoms with Crippen molar-refractivity contribution in [2.75, 3.05) is 11.1 Å². The van der Waals surface area contributed by atoms with Crippen LogP contribution in [0.1, 0.15) is 0 Å². The van der Waals surface area contributed by atoms with Gasteiger partial charge in [-0.15, -0.1) is 11.8 Å². The Bertz CT molecular complexity index is 340. The summed E-state index contributed by atoms with van der Waals surface area (Å²) >= 11 is 1.24. The molecule has 0 saturated carbocycles. The number of hydrogen-bond acceptors (Lipinski definition) is 2. The lowest BCUT2D eigenvalue weighted by Crippen LogP contribution is -2.19. The van der Waals surface area contributed by atoms with Gasteiger partial charge < -0.3 is 5.32 Å². The minimum atomic E-state index is -0.266. The molecule has 2 nitrogen and oxygen atoms in total. The first-order chi connectivity index (χ1) is 5.77. The van der Waals surface area contributed by atoms with Crippen molar-refractivity contribution >= 4 is 23.4 Å². The number of halogens is 1. The summed E-state index contributed by atoms with van der Waals surface area (Å²) in [6.45, 7) is 0. The molecule has 1 amide bonds. The molecule has 1 heterocycles. The van der Waals surface area contributed by atoms with Gasteiger partial charge in [0.25, 0.3) is 0 Å². The molecule has 1 aliphatic heterocycles. The van der Waals surface area contributed by atoms with Crippen LogP contribution in [0.5, 0.6) is 0 Å². The molecule has 4 heteroatoms. The molecule has 1 aliphatic rings. The molecule has 0 atom stereocenters. The Kier molecular flexibility index (Phi) is 1.77. The number of thioether (sulfide) groups is 1. The highest BCUT2D eigenvalue weighted by atomic mass is 32.2. The number of hydrogen-bond donors (Lipinski definition) is 1. The Morgan fingerprint density at radius 1 is 1.50 bits per heavy atom. The maximum atomic E-state index is 13.0. The van der Waals surface area contributed by atoms with Gasteiger partial charge in [0.1, 0.15) is 5.82 Å². The molecule has 0 unspecified atom stereocenters. The van der Waals surface area contributed by atoms with Crippen molar-refractivity contribution < 1.29 is 9.18 Å². The van der Waals surface area contributed by atoms with E-state index in [9.17, 15) is 9.18 Å². The molecule has 0 aliphatic carbocycles. The first-order valence-corrected chi connectivity index (χ1v) is 4.47. The second kappa shape index (κ2) is 2.79. The van der Waals surface area contributed by atoms with E-state index in [4.69, 9.17) is 0 Å². The fourth-order valence-electron chi connectivity index (χ4n) is 1.08. The first kappa shape index (κ1) is 7.61. The van der Waals surface area contributed by atoms with Crippen LogP contribution in [0.25, 0.3) is 0 Å². The molecule has 0 radical (unpaired) electrons. The van der Waals surface area contributed by atoms with Crippen LogP contribution in [0, 0.1) is 5.82 Å². The second-order valence-corrected chi connectivity index (χ2v) is 3.44. The molecule has 2 rings (SSSR count). The van der Waals surface area contributed by atoms with Gasteiger partial charge in [-0.25, -0.2) is 4.39 Å². The van der Waals surface area contributed by atoms with Gasteiger partial charge in [0.05, 0.1) is 16.3 Å². The van der Waals surface area contributed by atoms with Gasteiger partial charge >= 0.3 is 0 Å². The summed E-state index contributed by atoms with van der Waals surface area (Å²) in [5, 5.41) is 2.60. The predicted molar refractivity (Wildman–Crippen MR) is 45.8 cm³/mol. The summed E-state index contributed by atoms with van der Waals surface area (Å²) in [7, 11) is 0. The molecule has 0 saturated heterocycles. The Morgan fingerprint density at radius 3 is 3.17 bits per heavy atom. The Labute approximate surface area is 73.2 Å². The fourth-order valence-corrected chi connectivity index (χ4v) is 1.91. The number of rotatable bonds is 0. The lowest BCUT2D eigenvalue weighted by Gasteiger charge is -2.15. The molecule has 0 bridgehead atoms. The third-order valence-corrected chi connectivity index (χ3v) is 2.70.